The first kappa shape index (κ1) is 21.3. The van der Waals surface area contributed by atoms with Gasteiger partial charge in [-0.15, -0.1) is 0 Å². The van der Waals surface area contributed by atoms with Crippen LogP contribution in [0.3, 0.4) is 0 Å². The maximum absolute atomic E-state index is 13.5. The SMILES string of the molecule is COCCOc1cc(-c2c(C=O)c(C)nn2[C@H]2CCCCO2)cc(C(F)(F)F)c1. The Morgan fingerprint density at radius 2 is 2.07 bits per heavy atom. The first-order valence-electron chi connectivity index (χ1n) is 9.35. The van der Waals surface area contributed by atoms with Gasteiger partial charge in [-0.3, -0.25) is 4.79 Å². The van der Waals surface area contributed by atoms with Crippen LogP contribution in [-0.2, 0) is 15.7 Å². The Kier molecular flexibility index (Phi) is 6.59. The van der Waals surface area contributed by atoms with Crippen molar-refractivity contribution in [3.63, 3.8) is 0 Å². The van der Waals surface area contributed by atoms with Crippen molar-refractivity contribution >= 4 is 6.29 Å². The third-order valence-electron chi connectivity index (χ3n) is 4.74. The number of carbonyl (C=O) groups is 1. The Bertz CT molecular complexity index is 858. The van der Waals surface area contributed by atoms with Gasteiger partial charge in [-0.1, -0.05) is 0 Å². The molecule has 158 valence electrons. The molecule has 0 aliphatic carbocycles. The van der Waals surface area contributed by atoms with Crippen LogP contribution in [0.1, 0.15) is 47.1 Å². The summed E-state index contributed by atoms with van der Waals surface area (Å²) in [5, 5.41) is 4.40. The van der Waals surface area contributed by atoms with Gasteiger partial charge < -0.3 is 14.2 Å². The van der Waals surface area contributed by atoms with Crippen LogP contribution in [0.25, 0.3) is 11.3 Å². The molecule has 1 aromatic carbocycles. The van der Waals surface area contributed by atoms with E-state index in [9.17, 15) is 18.0 Å². The molecule has 3 rings (SSSR count). The second-order valence-electron chi connectivity index (χ2n) is 6.82. The quantitative estimate of drug-likeness (QED) is 0.498. The van der Waals surface area contributed by atoms with Gasteiger partial charge in [0.25, 0.3) is 0 Å². The van der Waals surface area contributed by atoms with Gasteiger partial charge in [0.2, 0.25) is 0 Å². The Balaban J connectivity index is 2.12. The molecule has 0 N–H and O–H groups in total. The summed E-state index contributed by atoms with van der Waals surface area (Å²) >= 11 is 0. The van der Waals surface area contributed by atoms with Crippen molar-refractivity contribution in [1.29, 1.82) is 0 Å². The molecule has 1 aliphatic heterocycles. The lowest BCUT2D eigenvalue weighted by atomic mass is 10.0. The van der Waals surface area contributed by atoms with Gasteiger partial charge in [0.05, 0.1) is 29.1 Å². The Labute approximate surface area is 166 Å². The Morgan fingerprint density at radius 1 is 1.28 bits per heavy atom. The summed E-state index contributed by atoms with van der Waals surface area (Å²) in [6.45, 7) is 2.52. The number of benzene rings is 1. The molecule has 0 saturated carbocycles. The average molecular weight is 412 g/mol. The predicted octanol–water partition coefficient (Wildman–Crippen LogP) is 4.41. The molecular formula is C20H23F3N2O4. The number of halogens is 3. The van der Waals surface area contributed by atoms with E-state index in [4.69, 9.17) is 14.2 Å². The van der Waals surface area contributed by atoms with E-state index in [0.717, 1.165) is 25.0 Å². The number of aromatic nitrogens is 2. The number of aldehydes is 1. The molecule has 29 heavy (non-hydrogen) atoms. The van der Waals surface area contributed by atoms with Gasteiger partial charge in [0, 0.05) is 19.3 Å². The van der Waals surface area contributed by atoms with Crippen molar-refractivity contribution in [3.05, 3.63) is 35.0 Å². The highest BCUT2D eigenvalue weighted by atomic mass is 19.4. The first-order valence-corrected chi connectivity index (χ1v) is 9.35. The molecular weight excluding hydrogens is 389 g/mol. The average Bonchev–Trinajstić information content (AvgIpc) is 3.04. The highest BCUT2D eigenvalue weighted by Gasteiger charge is 2.33. The van der Waals surface area contributed by atoms with E-state index in [1.165, 1.54) is 17.9 Å². The summed E-state index contributed by atoms with van der Waals surface area (Å²) < 4.78 is 58.1. The molecule has 9 heteroatoms. The van der Waals surface area contributed by atoms with Crippen LogP contribution in [0.5, 0.6) is 5.75 Å². The summed E-state index contributed by atoms with van der Waals surface area (Å²) in [5.74, 6) is 0.0405. The smallest absolute Gasteiger partial charge is 0.416 e. The zero-order valence-electron chi connectivity index (χ0n) is 16.3. The number of aryl methyl sites for hydroxylation is 1. The van der Waals surface area contributed by atoms with E-state index in [1.807, 2.05) is 0 Å². The van der Waals surface area contributed by atoms with E-state index in [2.05, 4.69) is 5.10 Å². The summed E-state index contributed by atoms with van der Waals surface area (Å²) in [6, 6.07) is 3.42. The summed E-state index contributed by atoms with van der Waals surface area (Å²) in [4.78, 5) is 11.7. The predicted molar refractivity (Wildman–Crippen MR) is 99.0 cm³/mol. The summed E-state index contributed by atoms with van der Waals surface area (Å²) in [6.07, 6.45) is -1.90. The molecule has 6 nitrogen and oxygen atoms in total. The molecule has 2 heterocycles. The zero-order chi connectivity index (χ0) is 21.0. The number of carbonyl (C=O) groups excluding carboxylic acids is 1. The van der Waals surface area contributed by atoms with Crippen molar-refractivity contribution in [2.45, 2.75) is 38.6 Å². The molecule has 1 aliphatic rings. The van der Waals surface area contributed by atoms with Crippen LogP contribution in [0.15, 0.2) is 18.2 Å². The second-order valence-corrected chi connectivity index (χ2v) is 6.82. The molecule has 0 bridgehead atoms. The zero-order valence-corrected chi connectivity index (χ0v) is 16.3. The highest BCUT2D eigenvalue weighted by molar-refractivity contribution is 5.88. The van der Waals surface area contributed by atoms with E-state index < -0.39 is 18.0 Å². The second kappa shape index (κ2) is 8.96. The largest absolute Gasteiger partial charge is 0.491 e. The van der Waals surface area contributed by atoms with Gasteiger partial charge in [-0.25, -0.2) is 4.68 Å². The number of rotatable bonds is 7. The number of hydrogen-bond donors (Lipinski definition) is 0. The number of ether oxygens (including phenoxy) is 3. The lowest BCUT2D eigenvalue weighted by molar-refractivity contribution is -0.137. The lowest BCUT2D eigenvalue weighted by Gasteiger charge is -2.25. The fourth-order valence-electron chi connectivity index (χ4n) is 3.34. The minimum absolute atomic E-state index is 0.0405. The van der Waals surface area contributed by atoms with Crippen molar-refractivity contribution in [3.8, 4) is 17.0 Å². The van der Waals surface area contributed by atoms with Crippen molar-refractivity contribution < 1.29 is 32.2 Å². The molecule has 2 aromatic rings. The minimum atomic E-state index is -4.57. The van der Waals surface area contributed by atoms with E-state index in [0.29, 0.717) is 30.7 Å². The van der Waals surface area contributed by atoms with Crippen molar-refractivity contribution in [2.75, 3.05) is 26.9 Å². The molecule has 1 fully saturated rings. The Morgan fingerprint density at radius 3 is 2.69 bits per heavy atom. The molecule has 0 spiro atoms. The molecule has 1 saturated heterocycles. The van der Waals surface area contributed by atoms with E-state index >= 15 is 0 Å². The highest BCUT2D eigenvalue weighted by Crippen LogP contribution is 2.38. The Hall–Kier alpha value is -2.39. The van der Waals surface area contributed by atoms with Gasteiger partial charge >= 0.3 is 6.18 Å². The van der Waals surface area contributed by atoms with Crippen LogP contribution in [0, 0.1) is 6.92 Å². The topological polar surface area (TPSA) is 62.6 Å². The molecule has 1 aromatic heterocycles. The minimum Gasteiger partial charge on any atom is -0.491 e. The van der Waals surface area contributed by atoms with Gasteiger partial charge in [-0.2, -0.15) is 18.3 Å². The monoisotopic (exact) mass is 412 g/mol. The lowest BCUT2D eigenvalue weighted by Crippen LogP contribution is -2.20. The summed E-state index contributed by atoms with van der Waals surface area (Å²) in [7, 11) is 1.47. The molecule has 0 amide bonds. The van der Waals surface area contributed by atoms with Crippen LogP contribution in [-0.4, -0.2) is 43.0 Å². The van der Waals surface area contributed by atoms with Crippen LogP contribution in [0.4, 0.5) is 13.2 Å². The van der Waals surface area contributed by atoms with Gasteiger partial charge in [-0.05, 0) is 44.4 Å². The summed E-state index contributed by atoms with van der Waals surface area (Å²) in [5.41, 5.74) is 0.301. The van der Waals surface area contributed by atoms with Crippen LogP contribution in [0.2, 0.25) is 0 Å². The number of alkyl halides is 3. The third-order valence-corrected chi connectivity index (χ3v) is 4.74. The van der Waals surface area contributed by atoms with E-state index in [1.54, 1.807) is 6.92 Å². The first-order chi connectivity index (χ1) is 13.8. The maximum atomic E-state index is 13.5. The standard InChI is InChI=1S/C20H23F3N2O4/c1-13-17(12-26)19(25(24-13)18-5-3-4-6-29-18)14-9-15(20(21,22)23)11-16(10-14)28-8-7-27-2/h9-12,18H,3-8H2,1-2H3/t18-/m1/s1. The number of nitrogens with zero attached hydrogens (tertiary/aromatic N) is 2. The fraction of sp³-hybridized carbons (Fsp3) is 0.500. The van der Waals surface area contributed by atoms with Crippen molar-refractivity contribution in [1.82, 2.24) is 9.78 Å². The normalized spacial score (nSPS) is 17.3. The van der Waals surface area contributed by atoms with E-state index in [-0.39, 0.29) is 30.1 Å². The number of hydrogen-bond acceptors (Lipinski definition) is 5. The van der Waals surface area contributed by atoms with Gasteiger partial charge in [0.15, 0.2) is 12.5 Å². The molecule has 0 radical (unpaired) electrons. The van der Waals surface area contributed by atoms with Gasteiger partial charge in [0.1, 0.15) is 12.4 Å². The maximum Gasteiger partial charge on any atom is 0.416 e. The van der Waals surface area contributed by atoms with Crippen molar-refractivity contribution in [2.24, 2.45) is 0 Å². The van der Waals surface area contributed by atoms with Crippen LogP contribution >= 0.6 is 0 Å². The fourth-order valence-corrected chi connectivity index (χ4v) is 3.34. The number of methoxy groups -OCH3 is 1. The third kappa shape index (κ3) is 4.79. The molecule has 0 unspecified atom stereocenters. The molecule has 1 atom stereocenters. The van der Waals surface area contributed by atoms with Crippen LogP contribution < -0.4 is 4.74 Å².